The molecule has 1 fully saturated rings. The van der Waals surface area contributed by atoms with E-state index >= 15 is 0 Å². The Labute approximate surface area is 114 Å². The van der Waals surface area contributed by atoms with Gasteiger partial charge in [0, 0.05) is 25.0 Å². The Balaban J connectivity index is 1.89. The number of hydrogen-bond donors (Lipinski definition) is 2. The van der Waals surface area contributed by atoms with Crippen molar-refractivity contribution in [3.05, 3.63) is 24.0 Å². The van der Waals surface area contributed by atoms with Crippen molar-refractivity contribution in [1.82, 2.24) is 9.88 Å². The molecule has 2 rings (SSSR count). The summed E-state index contributed by atoms with van der Waals surface area (Å²) >= 11 is 4.93. The van der Waals surface area contributed by atoms with Gasteiger partial charge in [-0.1, -0.05) is 12.2 Å². The first-order chi connectivity index (χ1) is 8.65. The maximum Gasteiger partial charge on any atom is 0.122 e. The van der Waals surface area contributed by atoms with Crippen LogP contribution in [0.3, 0.4) is 0 Å². The van der Waals surface area contributed by atoms with Crippen LogP contribution in [0.1, 0.15) is 18.5 Å². The number of pyridine rings is 1. The third-order valence-corrected chi connectivity index (χ3v) is 3.54. The van der Waals surface area contributed by atoms with Crippen molar-refractivity contribution in [2.45, 2.75) is 12.8 Å². The SMILES string of the molecule is CN1CCCC(CNc2ccnc(C(N)=S)c2)C1. The molecule has 0 saturated carbocycles. The molecule has 1 aromatic heterocycles. The highest BCUT2D eigenvalue weighted by atomic mass is 32.1. The third kappa shape index (κ3) is 3.65. The number of nitrogens with zero attached hydrogens (tertiary/aromatic N) is 2. The van der Waals surface area contributed by atoms with Crippen LogP contribution in [-0.4, -0.2) is 41.6 Å². The number of thiocarbonyl (C=S) groups is 1. The lowest BCUT2D eigenvalue weighted by atomic mass is 9.98. The monoisotopic (exact) mass is 264 g/mol. The van der Waals surface area contributed by atoms with Crippen LogP contribution in [-0.2, 0) is 0 Å². The zero-order chi connectivity index (χ0) is 13.0. The van der Waals surface area contributed by atoms with Gasteiger partial charge in [0.2, 0.25) is 0 Å². The van der Waals surface area contributed by atoms with Crippen LogP contribution in [0.15, 0.2) is 18.3 Å². The summed E-state index contributed by atoms with van der Waals surface area (Å²) in [5.41, 5.74) is 7.29. The quantitative estimate of drug-likeness (QED) is 0.807. The molecule has 18 heavy (non-hydrogen) atoms. The minimum Gasteiger partial charge on any atom is -0.388 e. The summed E-state index contributed by atoms with van der Waals surface area (Å²) in [4.78, 5) is 6.87. The molecule has 1 atom stereocenters. The van der Waals surface area contributed by atoms with Gasteiger partial charge < -0.3 is 16.0 Å². The molecule has 5 heteroatoms. The van der Waals surface area contributed by atoms with E-state index in [9.17, 15) is 0 Å². The highest BCUT2D eigenvalue weighted by Crippen LogP contribution is 2.16. The molecule has 0 aliphatic carbocycles. The maximum absolute atomic E-state index is 5.57. The lowest BCUT2D eigenvalue weighted by Gasteiger charge is -2.29. The first-order valence-electron chi connectivity index (χ1n) is 6.33. The van der Waals surface area contributed by atoms with E-state index < -0.39 is 0 Å². The Bertz CT molecular complexity index is 421. The first-order valence-corrected chi connectivity index (χ1v) is 6.74. The first kappa shape index (κ1) is 13.2. The zero-order valence-corrected chi connectivity index (χ0v) is 11.5. The van der Waals surface area contributed by atoms with E-state index in [0.717, 1.165) is 12.2 Å². The number of nitrogens with one attached hydrogen (secondary N) is 1. The van der Waals surface area contributed by atoms with Crippen LogP contribution >= 0.6 is 12.2 Å². The topological polar surface area (TPSA) is 54.2 Å². The van der Waals surface area contributed by atoms with Crippen molar-refractivity contribution in [3.63, 3.8) is 0 Å². The van der Waals surface area contributed by atoms with E-state index in [1.54, 1.807) is 6.20 Å². The van der Waals surface area contributed by atoms with Crippen molar-refractivity contribution in [3.8, 4) is 0 Å². The summed E-state index contributed by atoms with van der Waals surface area (Å²) in [5.74, 6) is 0.713. The minimum absolute atomic E-state index is 0.344. The van der Waals surface area contributed by atoms with Crippen LogP contribution in [0.25, 0.3) is 0 Å². The predicted molar refractivity (Wildman–Crippen MR) is 78.8 cm³/mol. The van der Waals surface area contributed by atoms with Crippen LogP contribution in [0.5, 0.6) is 0 Å². The van der Waals surface area contributed by atoms with Crippen LogP contribution in [0.4, 0.5) is 5.69 Å². The summed E-state index contributed by atoms with van der Waals surface area (Å²) in [5, 5.41) is 3.45. The number of anilines is 1. The summed E-state index contributed by atoms with van der Waals surface area (Å²) < 4.78 is 0. The minimum atomic E-state index is 0.344. The normalized spacial score (nSPS) is 20.6. The molecule has 0 spiro atoms. The second-order valence-corrected chi connectivity index (χ2v) is 5.39. The van der Waals surface area contributed by atoms with Crippen LogP contribution in [0, 0.1) is 5.92 Å². The second kappa shape index (κ2) is 6.11. The van der Waals surface area contributed by atoms with Crippen molar-refractivity contribution in [2.75, 3.05) is 32.0 Å². The average molecular weight is 264 g/mol. The van der Waals surface area contributed by atoms with E-state index in [0.29, 0.717) is 16.6 Å². The summed E-state index contributed by atoms with van der Waals surface area (Å²) in [7, 11) is 2.18. The van der Waals surface area contributed by atoms with E-state index in [1.807, 2.05) is 12.1 Å². The van der Waals surface area contributed by atoms with E-state index in [4.69, 9.17) is 18.0 Å². The van der Waals surface area contributed by atoms with Crippen molar-refractivity contribution in [1.29, 1.82) is 0 Å². The molecule has 98 valence electrons. The van der Waals surface area contributed by atoms with E-state index in [2.05, 4.69) is 22.2 Å². The Morgan fingerprint density at radius 3 is 3.22 bits per heavy atom. The fraction of sp³-hybridized carbons (Fsp3) is 0.538. The number of rotatable bonds is 4. The van der Waals surface area contributed by atoms with Crippen LogP contribution < -0.4 is 11.1 Å². The smallest absolute Gasteiger partial charge is 0.122 e. The lowest BCUT2D eigenvalue weighted by molar-refractivity contribution is 0.217. The molecule has 4 nitrogen and oxygen atoms in total. The van der Waals surface area contributed by atoms with Gasteiger partial charge in [-0.2, -0.15) is 0 Å². The van der Waals surface area contributed by atoms with Crippen LogP contribution in [0.2, 0.25) is 0 Å². The highest BCUT2D eigenvalue weighted by molar-refractivity contribution is 7.80. The molecule has 0 amide bonds. The largest absolute Gasteiger partial charge is 0.388 e. The van der Waals surface area contributed by atoms with Crippen molar-refractivity contribution >= 4 is 22.9 Å². The number of nitrogens with two attached hydrogens (primary N) is 1. The maximum atomic E-state index is 5.57. The molecule has 1 aliphatic rings. The summed E-state index contributed by atoms with van der Waals surface area (Å²) in [6.45, 7) is 3.38. The van der Waals surface area contributed by atoms with Gasteiger partial charge in [-0.3, -0.25) is 4.98 Å². The molecule has 2 heterocycles. The van der Waals surface area contributed by atoms with E-state index in [1.165, 1.54) is 25.9 Å². The standard InChI is InChI=1S/C13H20N4S/c1-17-6-2-3-10(9-17)8-16-11-4-5-15-12(7-11)13(14)18/h4-5,7,10H,2-3,6,8-9H2,1H3,(H2,14,18)(H,15,16). The number of piperidine rings is 1. The predicted octanol–water partition coefficient (Wildman–Crippen LogP) is 1.47. The fourth-order valence-electron chi connectivity index (χ4n) is 2.38. The molecule has 1 aromatic rings. The van der Waals surface area contributed by atoms with Gasteiger partial charge in [-0.15, -0.1) is 0 Å². The molecular formula is C13H20N4S. The number of hydrogen-bond acceptors (Lipinski definition) is 4. The van der Waals surface area contributed by atoms with Crippen molar-refractivity contribution < 1.29 is 0 Å². The highest BCUT2D eigenvalue weighted by Gasteiger charge is 2.16. The summed E-state index contributed by atoms with van der Waals surface area (Å²) in [6.07, 6.45) is 4.33. The van der Waals surface area contributed by atoms with Gasteiger partial charge in [0.1, 0.15) is 4.99 Å². The second-order valence-electron chi connectivity index (χ2n) is 4.95. The molecule has 0 aromatic carbocycles. The lowest BCUT2D eigenvalue weighted by Crippen LogP contribution is -2.35. The molecule has 3 N–H and O–H groups in total. The fourth-order valence-corrected chi connectivity index (χ4v) is 2.49. The summed E-state index contributed by atoms with van der Waals surface area (Å²) in [6, 6.07) is 3.86. The van der Waals surface area contributed by atoms with Gasteiger partial charge >= 0.3 is 0 Å². The van der Waals surface area contributed by atoms with Crippen molar-refractivity contribution in [2.24, 2.45) is 11.7 Å². The van der Waals surface area contributed by atoms with E-state index in [-0.39, 0.29) is 0 Å². The Morgan fingerprint density at radius 2 is 2.50 bits per heavy atom. The molecule has 1 saturated heterocycles. The molecule has 1 unspecified atom stereocenters. The van der Waals surface area contributed by atoms with Gasteiger partial charge in [-0.25, -0.2) is 0 Å². The third-order valence-electron chi connectivity index (χ3n) is 3.33. The van der Waals surface area contributed by atoms with Gasteiger partial charge in [0.15, 0.2) is 0 Å². The molecular weight excluding hydrogens is 244 g/mol. The van der Waals surface area contributed by atoms with Gasteiger partial charge in [0.05, 0.1) is 5.69 Å². The average Bonchev–Trinajstić information content (AvgIpc) is 2.37. The number of aromatic nitrogens is 1. The Kier molecular flexibility index (Phi) is 4.49. The zero-order valence-electron chi connectivity index (χ0n) is 10.7. The van der Waals surface area contributed by atoms with Gasteiger partial charge in [-0.05, 0) is 44.5 Å². The molecule has 0 radical (unpaired) electrons. The Hall–Kier alpha value is -1.20. The Morgan fingerprint density at radius 1 is 1.67 bits per heavy atom. The molecule has 0 bridgehead atoms. The molecule has 1 aliphatic heterocycles. The number of likely N-dealkylation sites (tertiary alicyclic amines) is 1. The van der Waals surface area contributed by atoms with Gasteiger partial charge in [0.25, 0.3) is 0 Å².